The van der Waals surface area contributed by atoms with Crippen LogP contribution in [0.2, 0.25) is 0 Å². The minimum absolute atomic E-state index is 0.00879. The van der Waals surface area contributed by atoms with Crippen LogP contribution in [0.25, 0.3) is 0 Å². The fourth-order valence-corrected chi connectivity index (χ4v) is 5.87. The fourth-order valence-electron chi connectivity index (χ4n) is 3.36. The van der Waals surface area contributed by atoms with E-state index in [4.69, 9.17) is 11.5 Å². The molecule has 8 heteroatoms. The maximum atomic E-state index is 14.3. The molecule has 1 amide bonds. The van der Waals surface area contributed by atoms with Crippen molar-refractivity contribution in [1.82, 2.24) is 0 Å². The third-order valence-corrected chi connectivity index (χ3v) is 7.64. The SMILES string of the molecule is C[C@@]1(c2cc(C(N)=O)ccc2F)CS(=O)(=O)C2(CCC2)C(N)=N1. The molecule has 0 unspecified atom stereocenters. The lowest BCUT2D eigenvalue weighted by molar-refractivity contribution is 0.1000. The number of nitrogens with two attached hydrogens (primary N) is 2. The Hall–Kier alpha value is -1.96. The highest BCUT2D eigenvalue weighted by Gasteiger charge is 2.58. The molecule has 3 rings (SSSR count). The fraction of sp³-hybridized carbons (Fsp3) is 0.467. The van der Waals surface area contributed by atoms with E-state index in [0.29, 0.717) is 12.8 Å². The monoisotopic (exact) mass is 339 g/mol. The van der Waals surface area contributed by atoms with Crippen LogP contribution in [-0.2, 0) is 15.4 Å². The maximum Gasteiger partial charge on any atom is 0.248 e. The summed E-state index contributed by atoms with van der Waals surface area (Å²) in [7, 11) is -3.58. The third kappa shape index (κ3) is 2.15. The first-order chi connectivity index (χ1) is 10.6. The van der Waals surface area contributed by atoms with E-state index in [2.05, 4.69) is 4.99 Å². The topological polar surface area (TPSA) is 116 Å². The van der Waals surface area contributed by atoms with E-state index in [1.165, 1.54) is 19.1 Å². The molecule has 0 saturated heterocycles. The Bertz CT molecular complexity index is 830. The van der Waals surface area contributed by atoms with Crippen LogP contribution in [0.4, 0.5) is 4.39 Å². The highest BCUT2D eigenvalue weighted by atomic mass is 32.2. The number of carbonyl (C=O) groups excluding carboxylic acids is 1. The van der Waals surface area contributed by atoms with Crippen LogP contribution in [0.5, 0.6) is 0 Å². The van der Waals surface area contributed by atoms with Gasteiger partial charge >= 0.3 is 0 Å². The second kappa shape index (κ2) is 4.77. The summed E-state index contributed by atoms with van der Waals surface area (Å²) in [5, 5.41) is 0. The van der Waals surface area contributed by atoms with E-state index in [1.54, 1.807) is 0 Å². The summed E-state index contributed by atoms with van der Waals surface area (Å²) in [5.41, 5.74) is 9.92. The lowest BCUT2D eigenvalue weighted by Crippen LogP contribution is -2.61. The quantitative estimate of drug-likeness (QED) is 0.831. The predicted octanol–water partition coefficient (Wildman–Crippen LogP) is 0.848. The van der Waals surface area contributed by atoms with Crippen molar-refractivity contribution in [3.8, 4) is 0 Å². The van der Waals surface area contributed by atoms with Crippen molar-refractivity contribution < 1.29 is 17.6 Å². The number of nitrogens with zero attached hydrogens (tertiary/aromatic N) is 1. The number of primary amides is 1. The molecule has 1 aromatic carbocycles. The zero-order valence-corrected chi connectivity index (χ0v) is 13.5. The van der Waals surface area contributed by atoms with Gasteiger partial charge < -0.3 is 11.5 Å². The van der Waals surface area contributed by atoms with E-state index in [1.807, 2.05) is 0 Å². The molecule has 4 N–H and O–H groups in total. The zero-order valence-electron chi connectivity index (χ0n) is 12.7. The van der Waals surface area contributed by atoms with Gasteiger partial charge in [0.25, 0.3) is 0 Å². The Morgan fingerprint density at radius 3 is 2.48 bits per heavy atom. The van der Waals surface area contributed by atoms with Gasteiger partial charge in [-0.2, -0.15) is 0 Å². The van der Waals surface area contributed by atoms with Crippen LogP contribution in [0.3, 0.4) is 0 Å². The Morgan fingerprint density at radius 2 is 2.00 bits per heavy atom. The minimum atomic E-state index is -3.58. The molecule has 6 nitrogen and oxygen atoms in total. The highest BCUT2D eigenvalue weighted by Crippen LogP contribution is 2.47. The number of carbonyl (C=O) groups is 1. The number of rotatable bonds is 2. The number of halogens is 1. The zero-order chi connectivity index (χ0) is 17.0. The maximum absolute atomic E-state index is 14.3. The van der Waals surface area contributed by atoms with Gasteiger partial charge in [-0.25, -0.2) is 12.8 Å². The van der Waals surface area contributed by atoms with Gasteiger partial charge in [0.1, 0.15) is 21.9 Å². The van der Waals surface area contributed by atoms with Gasteiger partial charge in [0.05, 0.1) is 5.75 Å². The smallest absolute Gasteiger partial charge is 0.248 e. The molecule has 0 bridgehead atoms. The molecule has 1 aliphatic carbocycles. The molecular formula is C15H18FN3O3S. The second-order valence-corrected chi connectivity index (χ2v) is 8.74. The molecule has 1 atom stereocenters. The predicted molar refractivity (Wildman–Crippen MR) is 84.3 cm³/mol. The van der Waals surface area contributed by atoms with E-state index in [-0.39, 0.29) is 22.7 Å². The van der Waals surface area contributed by atoms with Crippen LogP contribution >= 0.6 is 0 Å². The van der Waals surface area contributed by atoms with E-state index in [0.717, 1.165) is 12.5 Å². The number of amides is 1. The number of benzene rings is 1. The second-order valence-electron chi connectivity index (χ2n) is 6.44. The molecule has 1 fully saturated rings. The number of aliphatic imine (C=N–C) groups is 1. The first-order valence-corrected chi connectivity index (χ1v) is 8.94. The molecule has 124 valence electrons. The lowest BCUT2D eigenvalue weighted by atomic mass is 9.82. The van der Waals surface area contributed by atoms with Crippen LogP contribution in [0.1, 0.15) is 42.1 Å². The van der Waals surface area contributed by atoms with Gasteiger partial charge in [-0.3, -0.25) is 9.79 Å². The normalized spacial score (nSPS) is 28.0. The van der Waals surface area contributed by atoms with Gasteiger partial charge in [0.15, 0.2) is 9.84 Å². The van der Waals surface area contributed by atoms with Crippen molar-refractivity contribution in [3.05, 3.63) is 35.1 Å². The van der Waals surface area contributed by atoms with Crippen molar-refractivity contribution in [2.24, 2.45) is 16.5 Å². The summed E-state index contributed by atoms with van der Waals surface area (Å²) >= 11 is 0. The molecule has 23 heavy (non-hydrogen) atoms. The van der Waals surface area contributed by atoms with E-state index < -0.39 is 31.8 Å². The Labute approximate surface area is 133 Å². The first-order valence-electron chi connectivity index (χ1n) is 7.29. The number of hydrogen-bond acceptors (Lipinski definition) is 5. The van der Waals surface area contributed by atoms with E-state index >= 15 is 0 Å². The molecular weight excluding hydrogens is 321 g/mol. The largest absolute Gasteiger partial charge is 0.386 e. The average Bonchev–Trinajstić information content (AvgIpc) is 2.34. The standard InChI is InChI=1S/C15H18FN3O3S/c1-14(10-7-9(12(17)20)3-4-11(10)16)8-23(21,22)15(5-2-6-15)13(18)19-14/h3-4,7H,2,5-6,8H2,1H3,(H2,17,20)(H2,18,19)/t14-/m0/s1. The molecule has 1 saturated carbocycles. The molecule has 2 aliphatic rings. The summed E-state index contributed by atoms with van der Waals surface area (Å²) in [5.74, 6) is -1.68. The first kappa shape index (κ1) is 15.9. The van der Waals surface area contributed by atoms with Crippen molar-refractivity contribution >= 4 is 21.6 Å². The molecule has 1 aromatic rings. The number of sulfone groups is 1. The molecule has 1 aliphatic heterocycles. The molecule has 0 aromatic heterocycles. The van der Waals surface area contributed by atoms with Gasteiger partial charge in [0.2, 0.25) is 5.91 Å². The van der Waals surface area contributed by atoms with Crippen LogP contribution in [-0.4, -0.2) is 30.7 Å². The van der Waals surface area contributed by atoms with Gasteiger partial charge in [-0.1, -0.05) is 0 Å². The van der Waals surface area contributed by atoms with E-state index in [9.17, 15) is 17.6 Å². The minimum Gasteiger partial charge on any atom is -0.386 e. The summed E-state index contributed by atoms with van der Waals surface area (Å²) in [6, 6.07) is 3.60. The van der Waals surface area contributed by atoms with Crippen molar-refractivity contribution in [1.29, 1.82) is 0 Å². The summed E-state index contributed by atoms with van der Waals surface area (Å²) in [4.78, 5) is 15.7. The van der Waals surface area contributed by atoms with Crippen LogP contribution in [0.15, 0.2) is 23.2 Å². The number of hydrogen-bond donors (Lipinski definition) is 2. The molecule has 1 spiro atoms. The Kier molecular flexibility index (Phi) is 3.30. The van der Waals surface area contributed by atoms with Crippen molar-refractivity contribution in [2.75, 3.05) is 5.75 Å². The summed E-state index contributed by atoms with van der Waals surface area (Å²) in [6.45, 7) is 1.51. The summed E-state index contributed by atoms with van der Waals surface area (Å²) in [6.07, 6.45) is 1.67. The van der Waals surface area contributed by atoms with Crippen LogP contribution in [0, 0.1) is 5.82 Å². The van der Waals surface area contributed by atoms with Gasteiger partial charge in [-0.15, -0.1) is 0 Å². The van der Waals surface area contributed by atoms with Gasteiger partial charge in [0, 0.05) is 11.1 Å². The third-order valence-electron chi connectivity index (χ3n) is 4.89. The Balaban J connectivity index is 2.17. The van der Waals surface area contributed by atoms with Gasteiger partial charge in [-0.05, 0) is 44.4 Å². The average molecular weight is 339 g/mol. The highest BCUT2D eigenvalue weighted by molar-refractivity contribution is 7.93. The number of amidine groups is 1. The summed E-state index contributed by atoms with van der Waals surface area (Å²) < 4.78 is 38.7. The van der Waals surface area contributed by atoms with Crippen molar-refractivity contribution in [3.63, 3.8) is 0 Å². The van der Waals surface area contributed by atoms with Crippen LogP contribution < -0.4 is 11.5 Å². The lowest BCUT2D eigenvalue weighted by Gasteiger charge is -2.46. The molecule has 1 heterocycles. The Morgan fingerprint density at radius 1 is 1.35 bits per heavy atom. The molecule has 0 radical (unpaired) electrons. The van der Waals surface area contributed by atoms with Crippen molar-refractivity contribution in [2.45, 2.75) is 36.5 Å².